The molecule has 1 nitrogen and oxygen atoms in total. The maximum Gasteiger partial charge on any atom is 0.0453 e. The first-order valence-corrected chi connectivity index (χ1v) is 7.52. The Bertz CT molecular complexity index is 611. The molecule has 0 heterocycles. The first-order chi connectivity index (χ1) is 9.52. The van der Waals surface area contributed by atoms with Crippen molar-refractivity contribution in [1.82, 2.24) is 5.32 Å². The van der Waals surface area contributed by atoms with Crippen LogP contribution in [0.15, 0.2) is 36.4 Å². The van der Waals surface area contributed by atoms with Crippen LogP contribution in [0.2, 0.25) is 15.1 Å². The Kier molecular flexibility index (Phi) is 5.34. The van der Waals surface area contributed by atoms with Gasteiger partial charge in [-0.3, -0.25) is 0 Å². The van der Waals surface area contributed by atoms with E-state index in [4.69, 9.17) is 34.8 Å². The zero-order chi connectivity index (χ0) is 14.7. The Hall–Kier alpha value is -0.730. The van der Waals surface area contributed by atoms with Gasteiger partial charge in [0.1, 0.15) is 0 Å². The standard InChI is InChI=1S/C16H16Cl3N/c1-10-13(4-3-5-14(10)18)16(20-2)8-11-6-7-12(17)9-15(11)19/h3-7,9,16,20H,8H2,1-2H3. The van der Waals surface area contributed by atoms with E-state index in [0.29, 0.717) is 10.0 Å². The summed E-state index contributed by atoms with van der Waals surface area (Å²) in [5.41, 5.74) is 3.35. The molecule has 2 rings (SSSR count). The van der Waals surface area contributed by atoms with Crippen molar-refractivity contribution >= 4 is 34.8 Å². The maximum absolute atomic E-state index is 6.25. The van der Waals surface area contributed by atoms with Crippen LogP contribution in [0.25, 0.3) is 0 Å². The molecule has 0 aromatic heterocycles. The summed E-state index contributed by atoms with van der Waals surface area (Å²) in [6.45, 7) is 2.03. The van der Waals surface area contributed by atoms with Gasteiger partial charge in [-0.15, -0.1) is 0 Å². The van der Waals surface area contributed by atoms with Gasteiger partial charge in [0.15, 0.2) is 0 Å². The summed E-state index contributed by atoms with van der Waals surface area (Å²) in [6, 6.07) is 11.7. The normalized spacial score (nSPS) is 12.4. The van der Waals surface area contributed by atoms with Gasteiger partial charge in [0.2, 0.25) is 0 Å². The average molecular weight is 329 g/mol. The van der Waals surface area contributed by atoms with Crippen LogP contribution in [-0.2, 0) is 6.42 Å². The molecule has 0 aliphatic rings. The van der Waals surface area contributed by atoms with Crippen LogP contribution in [-0.4, -0.2) is 7.05 Å². The molecule has 4 heteroatoms. The minimum atomic E-state index is 0.160. The lowest BCUT2D eigenvalue weighted by Gasteiger charge is -2.20. The van der Waals surface area contributed by atoms with Crippen molar-refractivity contribution in [2.24, 2.45) is 0 Å². The summed E-state index contributed by atoms with van der Waals surface area (Å²) in [5, 5.41) is 5.45. The van der Waals surface area contributed by atoms with Crippen LogP contribution in [0.3, 0.4) is 0 Å². The van der Waals surface area contributed by atoms with Gasteiger partial charge in [-0.05, 0) is 55.3 Å². The van der Waals surface area contributed by atoms with Crippen molar-refractivity contribution in [3.8, 4) is 0 Å². The van der Waals surface area contributed by atoms with E-state index in [0.717, 1.165) is 22.6 Å². The third kappa shape index (κ3) is 3.48. The maximum atomic E-state index is 6.25. The third-order valence-corrected chi connectivity index (χ3v) is 4.47. The molecule has 0 spiro atoms. The quantitative estimate of drug-likeness (QED) is 0.786. The minimum absolute atomic E-state index is 0.160. The third-order valence-electron chi connectivity index (χ3n) is 3.47. The Morgan fingerprint density at radius 3 is 2.45 bits per heavy atom. The Morgan fingerprint density at radius 2 is 1.80 bits per heavy atom. The number of nitrogens with one attached hydrogen (secondary N) is 1. The van der Waals surface area contributed by atoms with E-state index in [1.54, 1.807) is 6.07 Å². The number of hydrogen-bond acceptors (Lipinski definition) is 1. The molecule has 0 saturated carbocycles. The van der Waals surface area contributed by atoms with Crippen molar-refractivity contribution in [3.05, 3.63) is 68.2 Å². The number of rotatable bonds is 4. The molecule has 0 fully saturated rings. The fraction of sp³-hybridized carbons (Fsp3) is 0.250. The largest absolute Gasteiger partial charge is 0.313 e. The fourth-order valence-corrected chi connectivity index (χ4v) is 2.94. The van der Waals surface area contributed by atoms with Crippen LogP contribution < -0.4 is 5.32 Å². The summed E-state index contributed by atoms with van der Waals surface area (Å²) < 4.78 is 0. The summed E-state index contributed by atoms with van der Waals surface area (Å²) in [7, 11) is 1.94. The predicted molar refractivity (Wildman–Crippen MR) is 88.2 cm³/mol. The van der Waals surface area contributed by atoms with Crippen LogP contribution >= 0.6 is 34.8 Å². The van der Waals surface area contributed by atoms with Crippen molar-refractivity contribution in [2.45, 2.75) is 19.4 Å². The van der Waals surface area contributed by atoms with Crippen molar-refractivity contribution < 1.29 is 0 Å². The summed E-state index contributed by atoms with van der Waals surface area (Å²) in [4.78, 5) is 0. The molecule has 0 aliphatic heterocycles. The van der Waals surface area contributed by atoms with Crippen LogP contribution in [0.4, 0.5) is 0 Å². The van der Waals surface area contributed by atoms with Gasteiger partial charge < -0.3 is 5.32 Å². The highest BCUT2D eigenvalue weighted by molar-refractivity contribution is 6.35. The molecule has 0 amide bonds. The molecule has 0 bridgehead atoms. The first kappa shape index (κ1) is 15.7. The van der Waals surface area contributed by atoms with E-state index in [1.165, 1.54) is 5.56 Å². The van der Waals surface area contributed by atoms with E-state index in [2.05, 4.69) is 11.4 Å². The fourth-order valence-electron chi connectivity index (χ4n) is 2.28. The molecule has 20 heavy (non-hydrogen) atoms. The highest BCUT2D eigenvalue weighted by Crippen LogP contribution is 2.29. The predicted octanol–water partition coefficient (Wildman–Crippen LogP) is 5.46. The lowest BCUT2D eigenvalue weighted by Crippen LogP contribution is -2.20. The number of hydrogen-bond donors (Lipinski definition) is 1. The smallest absolute Gasteiger partial charge is 0.0453 e. The van der Waals surface area contributed by atoms with Crippen molar-refractivity contribution in [1.29, 1.82) is 0 Å². The van der Waals surface area contributed by atoms with Gasteiger partial charge in [-0.25, -0.2) is 0 Å². The topological polar surface area (TPSA) is 12.0 Å². The highest BCUT2D eigenvalue weighted by Gasteiger charge is 2.15. The molecule has 1 unspecified atom stereocenters. The molecule has 1 N–H and O–H groups in total. The van der Waals surface area contributed by atoms with Gasteiger partial charge in [0, 0.05) is 21.1 Å². The van der Waals surface area contributed by atoms with Gasteiger partial charge in [0.05, 0.1) is 0 Å². The molecular weight excluding hydrogens is 313 g/mol. The average Bonchev–Trinajstić information content (AvgIpc) is 2.42. The van der Waals surface area contributed by atoms with E-state index < -0.39 is 0 Å². The molecule has 0 aliphatic carbocycles. The second kappa shape index (κ2) is 6.82. The molecule has 106 valence electrons. The van der Waals surface area contributed by atoms with E-state index in [1.807, 2.05) is 38.2 Å². The van der Waals surface area contributed by atoms with Gasteiger partial charge in [-0.1, -0.05) is 53.0 Å². The highest BCUT2D eigenvalue weighted by atomic mass is 35.5. The van der Waals surface area contributed by atoms with Crippen molar-refractivity contribution in [3.63, 3.8) is 0 Å². The second-order valence-corrected chi connectivity index (χ2v) is 5.99. The zero-order valence-electron chi connectivity index (χ0n) is 11.4. The molecule has 0 radical (unpaired) electrons. The Morgan fingerprint density at radius 1 is 1.05 bits per heavy atom. The van der Waals surface area contributed by atoms with Crippen LogP contribution in [0.1, 0.15) is 22.7 Å². The molecule has 0 saturated heterocycles. The van der Waals surface area contributed by atoms with Gasteiger partial charge in [-0.2, -0.15) is 0 Å². The SMILES string of the molecule is CNC(Cc1ccc(Cl)cc1Cl)c1cccc(Cl)c1C. The summed E-state index contributed by atoms with van der Waals surface area (Å²) in [6.07, 6.45) is 0.785. The van der Waals surface area contributed by atoms with Crippen LogP contribution in [0, 0.1) is 6.92 Å². The van der Waals surface area contributed by atoms with E-state index >= 15 is 0 Å². The number of benzene rings is 2. The second-order valence-electron chi connectivity index (χ2n) is 4.74. The molecule has 1 atom stereocenters. The van der Waals surface area contributed by atoms with Crippen LogP contribution in [0.5, 0.6) is 0 Å². The lowest BCUT2D eigenvalue weighted by atomic mass is 9.95. The summed E-state index contributed by atoms with van der Waals surface area (Å²) in [5.74, 6) is 0. The Balaban J connectivity index is 2.31. The monoisotopic (exact) mass is 327 g/mol. The van der Waals surface area contributed by atoms with Crippen molar-refractivity contribution in [2.75, 3.05) is 7.05 Å². The van der Waals surface area contributed by atoms with E-state index in [-0.39, 0.29) is 6.04 Å². The van der Waals surface area contributed by atoms with E-state index in [9.17, 15) is 0 Å². The minimum Gasteiger partial charge on any atom is -0.313 e. The van der Waals surface area contributed by atoms with Gasteiger partial charge in [0.25, 0.3) is 0 Å². The van der Waals surface area contributed by atoms with Gasteiger partial charge >= 0.3 is 0 Å². The summed E-state index contributed by atoms with van der Waals surface area (Å²) >= 11 is 18.4. The zero-order valence-corrected chi connectivity index (χ0v) is 13.7. The Labute approximate surface area is 134 Å². The number of likely N-dealkylation sites (N-methyl/N-ethyl adjacent to an activating group) is 1. The molecule has 2 aromatic rings. The number of halogens is 3. The molecule has 2 aromatic carbocycles. The first-order valence-electron chi connectivity index (χ1n) is 6.39. The lowest BCUT2D eigenvalue weighted by molar-refractivity contribution is 0.589. The molecular formula is C16H16Cl3N.